The number of carbonyl (C=O) groups excluding carboxylic acids is 1. The summed E-state index contributed by atoms with van der Waals surface area (Å²) in [6.45, 7) is 1.73. The van der Waals surface area contributed by atoms with E-state index in [1.54, 1.807) is 6.92 Å². The number of rotatable bonds is 12. The summed E-state index contributed by atoms with van der Waals surface area (Å²) in [6, 6.07) is 6.26. The van der Waals surface area contributed by atoms with E-state index in [4.69, 9.17) is 44.9 Å². The van der Waals surface area contributed by atoms with Crippen molar-refractivity contribution in [3.8, 4) is 23.0 Å². The van der Waals surface area contributed by atoms with Crippen molar-refractivity contribution < 1.29 is 93.0 Å². The van der Waals surface area contributed by atoms with Crippen molar-refractivity contribution >= 4 is 80.8 Å². The number of phenols is 1. The van der Waals surface area contributed by atoms with E-state index in [1.165, 1.54) is 59.8 Å². The number of hydrogen-bond acceptors (Lipinski definition) is 20. The molecule has 9 unspecified atom stereocenters. The molecule has 9 N–H and O–H groups in total. The molecule has 3 fully saturated rings. The quantitative estimate of drug-likeness (QED) is 0.0722. The predicted octanol–water partition coefficient (Wildman–Crippen LogP) is 4.35. The molecule has 26 nitrogen and oxygen atoms in total. The molecule has 4 aromatic rings. The molecule has 1 aliphatic heterocycles. The fourth-order valence-corrected chi connectivity index (χ4v) is 8.88. The number of aromatic carboxylic acids is 3. The molecule has 9 atom stereocenters. The second-order valence-electron chi connectivity index (χ2n) is 17.4. The van der Waals surface area contributed by atoms with Crippen LogP contribution in [0.4, 0.5) is 5.69 Å². The molecule has 3 saturated carbocycles. The number of carbonyl (C=O) groups is 7. The predicted molar refractivity (Wildman–Crippen MR) is 258 cm³/mol. The number of nitrogens with two attached hydrogens (primary N) is 1. The first kappa shape index (κ1) is 56.7. The van der Waals surface area contributed by atoms with Gasteiger partial charge < -0.3 is 65.2 Å². The Morgan fingerprint density at radius 2 is 0.946 bits per heavy atom. The molecule has 396 valence electrons. The Hall–Kier alpha value is -8.23. The normalized spacial score (nSPS) is 23.7. The first-order valence-electron chi connectivity index (χ1n) is 22.5. The van der Waals surface area contributed by atoms with Gasteiger partial charge in [-0.05, 0) is 80.1 Å². The standard InChI is InChI=1S/C16H22N2O6.C16H12N2O6.C8H7NO5.C8H13NO3/c2*1-23-11-5-7(15(19)20)3-9-13(11)17-10-4-8(16(21)22)6-12(24-2)14(10)18-9;1-14-6-3-4(8(11)12)2-5(9-13)7(6)10;1-4-2-5(8(11)12)3-6(9)7(4)10/h7-12H,3-6H2,1-2H3,(H,19,20)(H,21,22);3-6H,1-2H3,(H,19,20)(H,21,22);2-3,10H,1H3,(H,11,12);4-6H,2-3,9H2,1H3,(H,11,12). The molecule has 3 aliphatic carbocycles. The van der Waals surface area contributed by atoms with Gasteiger partial charge in [0.1, 0.15) is 22.5 Å². The van der Waals surface area contributed by atoms with Gasteiger partial charge in [-0.1, -0.05) is 6.92 Å². The molecule has 2 heterocycles. The molecule has 4 aliphatic rings. The number of fused-ring (bicyclic) bond motifs is 4. The monoisotopic (exact) mass is 1030 g/mol. The van der Waals surface area contributed by atoms with Crippen molar-refractivity contribution in [3.63, 3.8) is 0 Å². The summed E-state index contributed by atoms with van der Waals surface area (Å²) in [5.74, 6) is -7.78. The third-order valence-electron chi connectivity index (χ3n) is 12.7. The van der Waals surface area contributed by atoms with Gasteiger partial charge in [-0.15, -0.1) is 4.91 Å². The van der Waals surface area contributed by atoms with E-state index >= 15 is 0 Å². The second-order valence-corrected chi connectivity index (χ2v) is 17.4. The van der Waals surface area contributed by atoms with Crippen molar-refractivity contribution in [2.45, 2.75) is 75.8 Å². The Morgan fingerprint density at radius 3 is 1.28 bits per heavy atom. The molecular weight excluding hydrogens is 981 g/mol. The van der Waals surface area contributed by atoms with Crippen LogP contribution in [0.2, 0.25) is 0 Å². The largest absolute Gasteiger partial charge is 0.503 e. The molecule has 8 rings (SSSR count). The summed E-state index contributed by atoms with van der Waals surface area (Å²) in [5.41, 5.74) is 7.73. The second kappa shape index (κ2) is 24.5. The van der Waals surface area contributed by atoms with Crippen molar-refractivity contribution in [1.29, 1.82) is 0 Å². The van der Waals surface area contributed by atoms with Crippen LogP contribution < -0.4 is 19.9 Å². The number of hydrogen-bond donors (Lipinski definition) is 8. The highest BCUT2D eigenvalue weighted by atomic mass is 16.5. The highest BCUT2D eigenvalue weighted by molar-refractivity contribution is 6.06. The minimum Gasteiger partial charge on any atom is -0.503 e. The molecule has 1 aromatic heterocycles. The van der Waals surface area contributed by atoms with E-state index in [1.807, 2.05) is 0 Å². The lowest BCUT2D eigenvalue weighted by molar-refractivity contribution is -0.145. The van der Waals surface area contributed by atoms with Crippen LogP contribution in [0.25, 0.3) is 22.1 Å². The van der Waals surface area contributed by atoms with Gasteiger partial charge in [-0.3, -0.25) is 29.2 Å². The van der Waals surface area contributed by atoms with Crippen LogP contribution in [0.3, 0.4) is 0 Å². The Morgan fingerprint density at radius 1 is 0.568 bits per heavy atom. The first-order chi connectivity index (χ1) is 35.0. The zero-order chi connectivity index (χ0) is 54.9. The summed E-state index contributed by atoms with van der Waals surface area (Å²) in [4.78, 5) is 106. The van der Waals surface area contributed by atoms with Gasteiger partial charge in [0, 0.05) is 20.1 Å². The Balaban J connectivity index is 0.000000191. The van der Waals surface area contributed by atoms with E-state index in [0.29, 0.717) is 60.6 Å². The van der Waals surface area contributed by atoms with Crippen molar-refractivity contribution in [2.75, 3.05) is 35.5 Å². The highest BCUT2D eigenvalue weighted by Crippen LogP contribution is 2.38. The smallest absolute Gasteiger partial charge is 0.335 e. The number of nitroso groups, excluding NO2 is 1. The Kier molecular flexibility index (Phi) is 18.7. The van der Waals surface area contributed by atoms with Gasteiger partial charge >= 0.3 is 35.8 Å². The van der Waals surface area contributed by atoms with E-state index in [9.17, 15) is 64.0 Å². The van der Waals surface area contributed by atoms with Crippen LogP contribution in [0, 0.1) is 28.6 Å². The fourth-order valence-electron chi connectivity index (χ4n) is 8.88. The third kappa shape index (κ3) is 12.9. The number of aliphatic carboxylic acids is 3. The van der Waals surface area contributed by atoms with Gasteiger partial charge in [-0.25, -0.2) is 24.4 Å². The Labute approximate surface area is 419 Å². The molecular formula is C48H54N6O20. The summed E-state index contributed by atoms with van der Waals surface area (Å²) in [7, 11) is 7.09. The molecule has 0 bridgehead atoms. The molecule has 26 heteroatoms. The maximum atomic E-state index is 11.4. The van der Waals surface area contributed by atoms with Gasteiger partial charge in [-0.2, -0.15) is 0 Å². The molecule has 3 aromatic carbocycles. The lowest BCUT2D eigenvalue weighted by Gasteiger charge is -2.40. The number of ketones is 1. The lowest BCUT2D eigenvalue weighted by Crippen LogP contribution is -2.51. The molecule has 0 radical (unpaired) electrons. The van der Waals surface area contributed by atoms with E-state index in [-0.39, 0.29) is 75.6 Å². The molecule has 74 heavy (non-hydrogen) atoms. The van der Waals surface area contributed by atoms with E-state index in [0.717, 1.165) is 23.6 Å². The van der Waals surface area contributed by atoms with Gasteiger partial charge in [0.05, 0.1) is 109 Å². The Bertz CT molecular complexity index is 2780. The molecule has 0 amide bonds. The lowest BCUT2D eigenvalue weighted by atomic mass is 9.77. The number of nitrogens with zero attached hydrogens (tertiary/aromatic N) is 5. The number of phenolic OH excluding ortho intramolecular Hbond substituents is 1. The minimum atomic E-state index is -1.23. The number of aromatic nitrogens is 2. The maximum absolute atomic E-state index is 11.4. The zero-order valence-electron chi connectivity index (χ0n) is 40.7. The average Bonchev–Trinajstić information content (AvgIpc) is 3.37. The van der Waals surface area contributed by atoms with Crippen LogP contribution >= 0.6 is 0 Å². The number of Topliss-reactive ketones (excluding diaryl/α,β-unsaturated/α-hetero) is 1. The first-order valence-corrected chi connectivity index (χ1v) is 22.5. The number of ether oxygens (including phenoxy) is 5. The van der Waals surface area contributed by atoms with Gasteiger partial charge in [0.25, 0.3) is 0 Å². The van der Waals surface area contributed by atoms with Crippen molar-refractivity contribution in [1.82, 2.24) is 9.97 Å². The third-order valence-corrected chi connectivity index (χ3v) is 12.7. The SMILES string of the molecule is CC1CC(C(=O)O)CC(N)C1=O.COC1CC(C(=O)O)CC2N=C3C(CC(C(=O)O)CC3OC)N=C21.COc1cc(C(=O)O)cc(N=O)c1O.COc1cc(C(=O)O)cc2nc3c(OC)cc(C(=O)O)cc3nc12. The number of aromatic hydroxyl groups is 1. The number of carboxylic acid groups (broad SMARTS) is 6. The van der Waals surface area contributed by atoms with Crippen LogP contribution in [-0.2, 0) is 28.7 Å². The number of carboxylic acids is 6. The highest BCUT2D eigenvalue weighted by Gasteiger charge is 2.45. The molecule has 0 saturated heterocycles. The number of methoxy groups -OCH3 is 5. The zero-order valence-corrected chi connectivity index (χ0v) is 40.7. The maximum Gasteiger partial charge on any atom is 0.335 e. The summed E-state index contributed by atoms with van der Waals surface area (Å²) in [6.07, 6.45) is 1.47. The van der Waals surface area contributed by atoms with Crippen LogP contribution in [0.5, 0.6) is 23.0 Å². The van der Waals surface area contributed by atoms with E-state index in [2.05, 4.69) is 19.9 Å². The van der Waals surface area contributed by atoms with Crippen LogP contribution in [-0.4, -0.2) is 165 Å². The van der Waals surface area contributed by atoms with Crippen molar-refractivity contribution in [2.24, 2.45) is 44.6 Å². The minimum absolute atomic E-state index is 0.00694. The number of aliphatic imine (C=N–C) groups is 2. The van der Waals surface area contributed by atoms with Gasteiger partial charge in [0.2, 0.25) is 0 Å². The summed E-state index contributed by atoms with van der Waals surface area (Å²) in [5, 5.41) is 66.1. The van der Waals surface area contributed by atoms with Crippen LogP contribution in [0.15, 0.2) is 51.6 Å². The van der Waals surface area contributed by atoms with Gasteiger partial charge in [0.15, 0.2) is 23.0 Å². The summed E-state index contributed by atoms with van der Waals surface area (Å²) >= 11 is 0. The molecule has 0 spiro atoms. The summed E-state index contributed by atoms with van der Waals surface area (Å²) < 4.78 is 25.9. The topological polar surface area (TPSA) is 413 Å². The van der Waals surface area contributed by atoms with Crippen molar-refractivity contribution in [3.05, 3.63) is 58.0 Å². The van der Waals surface area contributed by atoms with Crippen LogP contribution in [0.1, 0.15) is 76.5 Å². The average molecular weight is 1030 g/mol. The number of benzene rings is 3. The van der Waals surface area contributed by atoms with E-state index < -0.39 is 65.4 Å². The fraction of sp³-hybridized carbons (Fsp3) is 0.438.